The van der Waals surface area contributed by atoms with Gasteiger partial charge in [-0.1, -0.05) is 11.3 Å². The average Bonchev–Trinajstić information content (AvgIpc) is 3.26. The molecule has 26 heavy (non-hydrogen) atoms. The van der Waals surface area contributed by atoms with Crippen molar-refractivity contribution in [3.63, 3.8) is 0 Å². The van der Waals surface area contributed by atoms with E-state index < -0.39 is 0 Å². The van der Waals surface area contributed by atoms with E-state index in [1.165, 1.54) is 11.3 Å². The summed E-state index contributed by atoms with van der Waals surface area (Å²) in [6, 6.07) is 10.1. The van der Waals surface area contributed by atoms with E-state index in [1.807, 2.05) is 0 Å². The van der Waals surface area contributed by atoms with Gasteiger partial charge in [0.25, 0.3) is 5.91 Å². The Labute approximate surface area is 152 Å². The number of ether oxygens (including phenoxy) is 3. The number of carbonyl (C=O) groups excluding carboxylic acids is 2. The Morgan fingerprint density at radius 3 is 2.81 bits per heavy atom. The molecule has 1 N–H and O–H groups in total. The van der Waals surface area contributed by atoms with Crippen LogP contribution in [0.5, 0.6) is 11.5 Å². The number of esters is 1. The van der Waals surface area contributed by atoms with E-state index in [2.05, 4.69) is 10.3 Å². The third-order valence-electron chi connectivity index (χ3n) is 3.75. The Balaban J connectivity index is 1.55. The average molecular weight is 370 g/mol. The smallest absolute Gasteiger partial charge is 0.338 e. The predicted molar refractivity (Wildman–Crippen MR) is 96.1 cm³/mol. The number of thiazole rings is 1. The van der Waals surface area contributed by atoms with Crippen molar-refractivity contribution in [2.45, 2.75) is 6.92 Å². The monoisotopic (exact) mass is 370 g/mol. The second-order valence-electron chi connectivity index (χ2n) is 5.44. The summed E-state index contributed by atoms with van der Waals surface area (Å²) in [6.45, 7) is 2.23. The minimum Gasteiger partial charge on any atom is -0.462 e. The lowest BCUT2D eigenvalue weighted by Crippen LogP contribution is -2.11. The van der Waals surface area contributed by atoms with Gasteiger partial charge in [0.1, 0.15) is 0 Å². The molecule has 0 radical (unpaired) electrons. The normalized spacial score (nSPS) is 12.2. The Morgan fingerprint density at radius 2 is 1.96 bits per heavy atom. The third kappa shape index (κ3) is 3.06. The minimum atomic E-state index is -0.381. The lowest BCUT2D eigenvalue weighted by molar-refractivity contribution is 0.0526. The third-order valence-corrected chi connectivity index (χ3v) is 4.69. The molecule has 4 rings (SSSR count). The van der Waals surface area contributed by atoms with E-state index in [1.54, 1.807) is 43.3 Å². The van der Waals surface area contributed by atoms with Gasteiger partial charge in [-0.25, -0.2) is 9.78 Å². The number of aromatic nitrogens is 1. The van der Waals surface area contributed by atoms with E-state index >= 15 is 0 Å². The van der Waals surface area contributed by atoms with Crippen LogP contribution in [0.25, 0.3) is 10.2 Å². The van der Waals surface area contributed by atoms with Crippen molar-refractivity contribution in [1.29, 1.82) is 0 Å². The highest BCUT2D eigenvalue weighted by Gasteiger charge is 2.17. The van der Waals surface area contributed by atoms with Crippen LogP contribution in [0.15, 0.2) is 36.4 Å². The van der Waals surface area contributed by atoms with Gasteiger partial charge in [-0.05, 0) is 43.3 Å². The highest BCUT2D eigenvalue weighted by molar-refractivity contribution is 7.22. The number of anilines is 1. The van der Waals surface area contributed by atoms with E-state index in [9.17, 15) is 9.59 Å². The summed E-state index contributed by atoms with van der Waals surface area (Å²) in [5.41, 5.74) is 1.60. The SMILES string of the molecule is CCOC(=O)c1ccc2nc(NC(=O)c3ccc4c(c3)OCO4)sc2c1. The molecule has 0 atom stereocenters. The van der Waals surface area contributed by atoms with Crippen molar-refractivity contribution in [2.75, 3.05) is 18.7 Å². The standard InChI is InChI=1S/C18H14N2O5S/c1-2-23-17(22)11-3-5-12-15(8-11)26-18(19-12)20-16(21)10-4-6-13-14(7-10)25-9-24-13/h3-8H,2,9H2,1H3,(H,19,20,21). The molecule has 2 aromatic carbocycles. The molecule has 0 unspecified atom stereocenters. The number of amides is 1. The van der Waals surface area contributed by atoms with Crippen molar-refractivity contribution in [2.24, 2.45) is 0 Å². The molecule has 0 aliphatic carbocycles. The van der Waals surface area contributed by atoms with Crippen molar-refractivity contribution >= 4 is 38.6 Å². The zero-order valence-electron chi connectivity index (χ0n) is 13.8. The Morgan fingerprint density at radius 1 is 1.15 bits per heavy atom. The Bertz CT molecular complexity index is 1010. The molecule has 132 valence electrons. The van der Waals surface area contributed by atoms with Gasteiger partial charge in [0.05, 0.1) is 22.4 Å². The van der Waals surface area contributed by atoms with E-state index in [4.69, 9.17) is 14.2 Å². The fourth-order valence-corrected chi connectivity index (χ4v) is 3.43. The first-order valence-corrected chi connectivity index (χ1v) is 8.74. The zero-order valence-corrected chi connectivity index (χ0v) is 14.6. The molecule has 1 amide bonds. The first-order chi connectivity index (χ1) is 12.6. The van der Waals surface area contributed by atoms with Crippen LogP contribution in [-0.2, 0) is 4.74 Å². The molecule has 0 bridgehead atoms. The maximum atomic E-state index is 12.4. The molecule has 1 aliphatic heterocycles. The molecule has 0 spiro atoms. The number of hydrogen-bond donors (Lipinski definition) is 1. The summed E-state index contributed by atoms with van der Waals surface area (Å²) in [6.07, 6.45) is 0. The fourth-order valence-electron chi connectivity index (χ4n) is 2.53. The van der Waals surface area contributed by atoms with Crippen molar-refractivity contribution in [3.05, 3.63) is 47.5 Å². The van der Waals surface area contributed by atoms with Crippen molar-refractivity contribution < 1.29 is 23.8 Å². The van der Waals surface area contributed by atoms with Gasteiger partial charge in [0, 0.05) is 5.56 Å². The molecule has 2 heterocycles. The molecule has 1 aromatic heterocycles. The highest BCUT2D eigenvalue weighted by atomic mass is 32.1. The number of nitrogens with zero attached hydrogens (tertiary/aromatic N) is 1. The van der Waals surface area contributed by atoms with Crippen LogP contribution in [0.2, 0.25) is 0 Å². The van der Waals surface area contributed by atoms with Gasteiger partial charge < -0.3 is 14.2 Å². The fraction of sp³-hybridized carbons (Fsp3) is 0.167. The minimum absolute atomic E-state index is 0.154. The van der Waals surface area contributed by atoms with E-state index in [0.29, 0.717) is 39.9 Å². The molecule has 8 heteroatoms. The quantitative estimate of drug-likeness (QED) is 0.708. The van der Waals surface area contributed by atoms with Crippen LogP contribution in [0.4, 0.5) is 5.13 Å². The van der Waals surface area contributed by atoms with Gasteiger partial charge in [0.15, 0.2) is 16.6 Å². The van der Waals surface area contributed by atoms with Crippen LogP contribution in [0.3, 0.4) is 0 Å². The number of hydrogen-bond acceptors (Lipinski definition) is 7. The summed E-state index contributed by atoms with van der Waals surface area (Å²) >= 11 is 1.29. The van der Waals surface area contributed by atoms with Gasteiger partial charge in [-0.15, -0.1) is 0 Å². The molecule has 1 aliphatic rings. The van der Waals surface area contributed by atoms with E-state index in [0.717, 1.165) is 4.70 Å². The van der Waals surface area contributed by atoms with Crippen LogP contribution >= 0.6 is 11.3 Å². The van der Waals surface area contributed by atoms with Gasteiger partial charge >= 0.3 is 5.97 Å². The van der Waals surface area contributed by atoms with Crippen LogP contribution in [0.1, 0.15) is 27.6 Å². The number of nitrogens with one attached hydrogen (secondary N) is 1. The largest absolute Gasteiger partial charge is 0.462 e. The number of fused-ring (bicyclic) bond motifs is 2. The molecule has 0 saturated heterocycles. The van der Waals surface area contributed by atoms with Crippen molar-refractivity contribution in [3.8, 4) is 11.5 Å². The number of rotatable bonds is 4. The molecule has 3 aromatic rings. The second-order valence-corrected chi connectivity index (χ2v) is 6.47. The lowest BCUT2D eigenvalue weighted by Gasteiger charge is -2.02. The van der Waals surface area contributed by atoms with Crippen LogP contribution < -0.4 is 14.8 Å². The zero-order chi connectivity index (χ0) is 18.1. The molecule has 0 fully saturated rings. The molecule has 7 nitrogen and oxygen atoms in total. The Kier molecular flexibility index (Phi) is 4.18. The van der Waals surface area contributed by atoms with E-state index in [-0.39, 0.29) is 18.7 Å². The first-order valence-electron chi connectivity index (χ1n) is 7.93. The summed E-state index contributed by atoms with van der Waals surface area (Å²) in [5.74, 6) is 0.482. The highest BCUT2D eigenvalue weighted by Crippen LogP contribution is 2.33. The van der Waals surface area contributed by atoms with Gasteiger partial charge in [-0.2, -0.15) is 0 Å². The first kappa shape index (κ1) is 16.3. The predicted octanol–water partition coefficient (Wildman–Crippen LogP) is 3.45. The van der Waals surface area contributed by atoms with Crippen molar-refractivity contribution in [1.82, 2.24) is 4.98 Å². The summed E-state index contributed by atoms with van der Waals surface area (Å²) < 4.78 is 16.3. The Hall–Kier alpha value is -3.13. The summed E-state index contributed by atoms with van der Waals surface area (Å²) in [4.78, 5) is 28.6. The number of benzene rings is 2. The van der Waals surface area contributed by atoms with Crippen LogP contribution in [0, 0.1) is 0 Å². The molecular formula is C18H14N2O5S. The van der Waals surface area contributed by atoms with Gasteiger partial charge in [0.2, 0.25) is 6.79 Å². The summed E-state index contributed by atoms with van der Waals surface area (Å²) in [5, 5.41) is 3.22. The number of carbonyl (C=O) groups is 2. The summed E-state index contributed by atoms with van der Waals surface area (Å²) in [7, 11) is 0. The topological polar surface area (TPSA) is 86.8 Å². The molecule has 0 saturated carbocycles. The lowest BCUT2D eigenvalue weighted by atomic mass is 10.2. The second kappa shape index (κ2) is 6.64. The van der Waals surface area contributed by atoms with Gasteiger partial charge in [-0.3, -0.25) is 10.1 Å². The van der Waals surface area contributed by atoms with Crippen LogP contribution in [-0.4, -0.2) is 30.3 Å². The molecular weight excluding hydrogens is 356 g/mol. The maximum absolute atomic E-state index is 12.4. The maximum Gasteiger partial charge on any atom is 0.338 e.